The molecule has 0 spiro atoms. The van der Waals surface area contributed by atoms with Crippen LogP contribution in [0.1, 0.15) is 12.5 Å². The van der Waals surface area contributed by atoms with Crippen LogP contribution in [0, 0.1) is 6.92 Å². The zero-order valence-electron chi connectivity index (χ0n) is 20.2. The van der Waals surface area contributed by atoms with Crippen molar-refractivity contribution in [3.05, 3.63) is 78.4 Å². The number of aliphatic hydroxyl groups excluding tert-OH is 1. The normalized spacial score (nSPS) is 12.0. The highest BCUT2D eigenvalue weighted by Crippen LogP contribution is 2.25. The molecular formula is C26H30N2O6S. The number of aliphatic hydroxyl groups is 1. The van der Waals surface area contributed by atoms with Crippen LogP contribution in [-0.4, -0.2) is 52.8 Å². The lowest BCUT2D eigenvalue weighted by Gasteiger charge is -2.20. The Morgan fingerprint density at radius 3 is 1.74 bits per heavy atom. The lowest BCUT2D eigenvalue weighted by Crippen LogP contribution is -2.26. The SMILES string of the molecule is CC(=O)N(C)c1ccc(OC[C@@H](O)COc2ccc(N(C)S(=O)(=O)c3ccc(C)cc3)cc2)cc1. The second-order valence-corrected chi connectivity index (χ2v) is 10.1. The number of hydrogen-bond acceptors (Lipinski definition) is 6. The fraction of sp³-hybridized carbons (Fsp3) is 0.269. The van der Waals surface area contributed by atoms with Crippen LogP contribution >= 0.6 is 0 Å². The largest absolute Gasteiger partial charge is 0.491 e. The van der Waals surface area contributed by atoms with E-state index in [9.17, 15) is 18.3 Å². The van der Waals surface area contributed by atoms with Gasteiger partial charge in [0.15, 0.2) is 0 Å². The molecule has 3 aromatic rings. The summed E-state index contributed by atoms with van der Waals surface area (Å²) >= 11 is 0. The van der Waals surface area contributed by atoms with Gasteiger partial charge in [0.1, 0.15) is 30.8 Å². The minimum Gasteiger partial charge on any atom is -0.491 e. The van der Waals surface area contributed by atoms with Gasteiger partial charge in [0.05, 0.1) is 10.6 Å². The van der Waals surface area contributed by atoms with Gasteiger partial charge in [-0.1, -0.05) is 17.7 Å². The molecule has 3 rings (SSSR count). The molecule has 0 aliphatic heterocycles. The van der Waals surface area contributed by atoms with Crippen LogP contribution < -0.4 is 18.7 Å². The summed E-state index contributed by atoms with van der Waals surface area (Å²) in [7, 11) is -0.492. The van der Waals surface area contributed by atoms with Crippen molar-refractivity contribution in [3.63, 3.8) is 0 Å². The Kier molecular flexibility index (Phi) is 8.37. The quantitative estimate of drug-likeness (QED) is 0.459. The van der Waals surface area contributed by atoms with Gasteiger partial charge in [-0.3, -0.25) is 9.10 Å². The van der Waals surface area contributed by atoms with Gasteiger partial charge in [0.2, 0.25) is 5.91 Å². The molecule has 0 unspecified atom stereocenters. The monoisotopic (exact) mass is 498 g/mol. The first-order valence-electron chi connectivity index (χ1n) is 11.0. The summed E-state index contributed by atoms with van der Waals surface area (Å²) in [6, 6.07) is 20.2. The highest BCUT2D eigenvalue weighted by Gasteiger charge is 2.21. The summed E-state index contributed by atoms with van der Waals surface area (Å²) in [6.07, 6.45) is -0.876. The fourth-order valence-electron chi connectivity index (χ4n) is 3.14. The molecule has 0 radical (unpaired) electrons. The molecule has 1 atom stereocenters. The van der Waals surface area contributed by atoms with Crippen LogP contribution in [0.5, 0.6) is 11.5 Å². The topological polar surface area (TPSA) is 96.4 Å². The van der Waals surface area contributed by atoms with Gasteiger partial charge in [-0.15, -0.1) is 0 Å². The first kappa shape index (κ1) is 26.1. The van der Waals surface area contributed by atoms with E-state index in [2.05, 4.69) is 0 Å². The van der Waals surface area contributed by atoms with E-state index in [1.54, 1.807) is 79.8 Å². The first-order valence-corrected chi connectivity index (χ1v) is 12.5. The van der Waals surface area contributed by atoms with Crippen molar-refractivity contribution < 1.29 is 27.8 Å². The van der Waals surface area contributed by atoms with E-state index in [-0.39, 0.29) is 24.0 Å². The van der Waals surface area contributed by atoms with Gasteiger partial charge < -0.3 is 19.5 Å². The lowest BCUT2D eigenvalue weighted by molar-refractivity contribution is -0.116. The number of aryl methyl sites for hydroxylation is 1. The number of amides is 1. The molecule has 0 saturated heterocycles. The number of ether oxygens (including phenoxy) is 2. The number of anilines is 2. The molecule has 0 bridgehead atoms. The Morgan fingerprint density at radius 2 is 1.29 bits per heavy atom. The molecular weight excluding hydrogens is 468 g/mol. The lowest BCUT2D eigenvalue weighted by atomic mass is 10.2. The van der Waals surface area contributed by atoms with Gasteiger partial charge in [-0.2, -0.15) is 0 Å². The van der Waals surface area contributed by atoms with E-state index >= 15 is 0 Å². The number of nitrogens with zero attached hydrogens (tertiary/aromatic N) is 2. The maximum atomic E-state index is 12.8. The van der Waals surface area contributed by atoms with Crippen molar-refractivity contribution >= 4 is 27.3 Å². The molecule has 1 amide bonds. The fourth-order valence-corrected chi connectivity index (χ4v) is 4.34. The predicted molar refractivity (Wildman–Crippen MR) is 136 cm³/mol. The summed E-state index contributed by atoms with van der Waals surface area (Å²) in [4.78, 5) is 13.2. The summed E-state index contributed by atoms with van der Waals surface area (Å²) in [5, 5.41) is 10.2. The number of sulfonamides is 1. The summed E-state index contributed by atoms with van der Waals surface area (Å²) in [6.45, 7) is 3.41. The molecule has 0 fully saturated rings. The van der Waals surface area contributed by atoms with Crippen LogP contribution in [-0.2, 0) is 14.8 Å². The number of rotatable bonds is 10. The number of benzene rings is 3. The molecule has 9 heteroatoms. The van der Waals surface area contributed by atoms with Crippen LogP contribution in [0.25, 0.3) is 0 Å². The van der Waals surface area contributed by atoms with E-state index < -0.39 is 16.1 Å². The molecule has 0 heterocycles. The van der Waals surface area contributed by atoms with Crippen LogP contribution in [0.4, 0.5) is 11.4 Å². The van der Waals surface area contributed by atoms with E-state index in [0.717, 1.165) is 11.3 Å². The summed E-state index contributed by atoms with van der Waals surface area (Å²) < 4.78 is 38.1. The third kappa shape index (κ3) is 6.74. The smallest absolute Gasteiger partial charge is 0.264 e. The average Bonchev–Trinajstić information content (AvgIpc) is 2.86. The molecule has 0 aliphatic rings. The van der Waals surface area contributed by atoms with E-state index in [1.807, 2.05) is 6.92 Å². The molecule has 35 heavy (non-hydrogen) atoms. The van der Waals surface area contributed by atoms with E-state index in [1.165, 1.54) is 23.2 Å². The van der Waals surface area contributed by atoms with Crippen LogP contribution in [0.15, 0.2) is 77.7 Å². The predicted octanol–water partition coefficient (Wildman–Crippen LogP) is 3.62. The molecule has 0 aliphatic carbocycles. The highest BCUT2D eigenvalue weighted by molar-refractivity contribution is 7.92. The van der Waals surface area contributed by atoms with Crippen molar-refractivity contribution in [3.8, 4) is 11.5 Å². The first-order chi connectivity index (χ1) is 16.6. The van der Waals surface area contributed by atoms with Crippen LogP contribution in [0.3, 0.4) is 0 Å². The molecule has 3 aromatic carbocycles. The van der Waals surface area contributed by atoms with Gasteiger partial charge in [0.25, 0.3) is 10.0 Å². The molecule has 0 saturated carbocycles. The van der Waals surface area contributed by atoms with E-state index in [4.69, 9.17) is 9.47 Å². The van der Waals surface area contributed by atoms with E-state index in [0.29, 0.717) is 17.2 Å². The Labute approximate surface area is 206 Å². The van der Waals surface area contributed by atoms with Gasteiger partial charge >= 0.3 is 0 Å². The summed E-state index contributed by atoms with van der Waals surface area (Å²) in [5.74, 6) is 0.983. The highest BCUT2D eigenvalue weighted by atomic mass is 32.2. The molecule has 186 valence electrons. The Bertz CT molecular complexity index is 1230. The zero-order chi connectivity index (χ0) is 25.6. The zero-order valence-corrected chi connectivity index (χ0v) is 21.0. The molecule has 1 N–H and O–H groups in total. The Balaban J connectivity index is 1.50. The number of carbonyl (C=O) groups excluding carboxylic acids is 1. The third-order valence-electron chi connectivity index (χ3n) is 5.46. The second kappa shape index (κ2) is 11.2. The Morgan fingerprint density at radius 1 is 0.829 bits per heavy atom. The maximum absolute atomic E-state index is 12.8. The van der Waals surface area contributed by atoms with Crippen molar-refractivity contribution in [2.75, 3.05) is 36.5 Å². The summed E-state index contributed by atoms with van der Waals surface area (Å²) in [5.41, 5.74) is 2.21. The molecule has 8 nitrogen and oxygen atoms in total. The number of hydrogen-bond donors (Lipinski definition) is 1. The minimum absolute atomic E-state index is 0.00199. The van der Waals surface area contributed by atoms with Crippen LogP contribution in [0.2, 0.25) is 0 Å². The van der Waals surface area contributed by atoms with Crippen molar-refractivity contribution in [1.82, 2.24) is 0 Å². The molecule has 0 aromatic heterocycles. The maximum Gasteiger partial charge on any atom is 0.264 e. The van der Waals surface area contributed by atoms with Gasteiger partial charge in [-0.25, -0.2) is 8.42 Å². The standard InChI is InChI=1S/C26H30N2O6S/c1-19-5-15-26(16-6-19)35(31,32)28(4)22-9-13-25(14-10-22)34-18-23(30)17-33-24-11-7-21(8-12-24)27(3)20(2)29/h5-16,23,30H,17-18H2,1-4H3/t23-/m1/s1. The Hall–Kier alpha value is -3.56. The average molecular weight is 499 g/mol. The minimum atomic E-state index is -3.68. The van der Waals surface area contributed by atoms with Gasteiger partial charge in [-0.05, 0) is 67.6 Å². The second-order valence-electron chi connectivity index (χ2n) is 8.13. The van der Waals surface area contributed by atoms with Crippen molar-refractivity contribution in [2.45, 2.75) is 24.8 Å². The number of carbonyl (C=O) groups is 1. The third-order valence-corrected chi connectivity index (χ3v) is 7.26. The van der Waals surface area contributed by atoms with Crippen molar-refractivity contribution in [2.24, 2.45) is 0 Å². The van der Waals surface area contributed by atoms with Crippen molar-refractivity contribution in [1.29, 1.82) is 0 Å². The van der Waals surface area contributed by atoms with Gasteiger partial charge in [0, 0.05) is 26.7 Å².